The fraction of sp³-hybridized carbons (Fsp3) is 0. The number of hydrogen-bond donors (Lipinski definition) is 0. The average Bonchev–Trinajstić information content (AvgIpc) is 3.91. The molecule has 3 nitrogen and oxygen atoms in total. The molecule has 0 atom stereocenters. The number of para-hydroxylation sites is 4. The van der Waals surface area contributed by atoms with Crippen LogP contribution in [0.4, 0.5) is 17.1 Å². The molecule has 0 bridgehead atoms. The van der Waals surface area contributed by atoms with E-state index in [0.29, 0.717) is 0 Å². The van der Waals surface area contributed by atoms with Gasteiger partial charge in [-0.25, -0.2) is 0 Å². The van der Waals surface area contributed by atoms with Gasteiger partial charge < -0.3 is 13.9 Å². The number of aromatic nitrogens is 1. The lowest BCUT2D eigenvalue weighted by Crippen LogP contribution is -2.11. The van der Waals surface area contributed by atoms with E-state index in [1.165, 1.54) is 38.5 Å². The van der Waals surface area contributed by atoms with E-state index in [1.807, 2.05) is 12.1 Å². The Morgan fingerprint density at radius 1 is 0.302 bits per heavy atom. The van der Waals surface area contributed by atoms with Crippen molar-refractivity contribution in [2.75, 3.05) is 4.90 Å². The fourth-order valence-electron chi connectivity index (χ4n) is 9.45. The van der Waals surface area contributed by atoms with Crippen molar-refractivity contribution in [3.8, 4) is 50.2 Å². The van der Waals surface area contributed by atoms with E-state index in [1.54, 1.807) is 0 Å². The van der Waals surface area contributed by atoms with E-state index < -0.39 is 0 Å². The van der Waals surface area contributed by atoms with Crippen molar-refractivity contribution in [2.45, 2.75) is 0 Å². The smallest absolute Gasteiger partial charge is 0.136 e. The Labute approximate surface area is 366 Å². The van der Waals surface area contributed by atoms with Crippen LogP contribution in [0, 0.1) is 0 Å². The highest BCUT2D eigenvalue weighted by atomic mass is 16.3. The molecule has 63 heavy (non-hydrogen) atoms. The van der Waals surface area contributed by atoms with E-state index in [4.69, 9.17) is 4.42 Å². The summed E-state index contributed by atoms with van der Waals surface area (Å²) in [5.41, 5.74) is 17.8. The number of benzene rings is 10. The molecule has 0 radical (unpaired) electrons. The van der Waals surface area contributed by atoms with Gasteiger partial charge in [0.05, 0.1) is 16.7 Å². The average molecular weight is 805 g/mol. The minimum atomic E-state index is 0.895. The second-order valence-electron chi connectivity index (χ2n) is 16.1. The van der Waals surface area contributed by atoms with E-state index in [-0.39, 0.29) is 0 Å². The van der Waals surface area contributed by atoms with Gasteiger partial charge in [0.25, 0.3) is 0 Å². The highest BCUT2D eigenvalue weighted by molar-refractivity contribution is 6.09. The van der Waals surface area contributed by atoms with Crippen LogP contribution in [0.15, 0.2) is 247 Å². The summed E-state index contributed by atoms with van der Waals surface area (Å²) in [6, 6.07) is 87.1. The normalized spacial score (nSPS) is 11.5. The molecule has 2 aromatic heterocycles. The number of rotatable bonds is 8. The molecule has 0 fully saturated rings. The third-order valence-corrected chi connectivity index (χ3v) is 12.4. The zero-order valence-electron chi connectivity index (χ0n) is 34.4. The third-order valence-electron chi connectivity index (χ3n) is 12.4. The zero-order valence-corrected chi connectivity index (χ0v) is 34.4. The topological polar surface area (TPSA) is 21.3 Å². The Morgan fingerprint density at radius 3 is 1.51 bits per heavy atom. The van der Waals surface area contributed by atoms with Crippen LogP contribution in [-0.4, -0.2) is 4.57 Å². The summed E-state index contributed by atoms with van der Waals surface area (Å²) < 4.78 is 8.66. The Morgan fingerprint density at radius 2 is 0.810 bits per heavy atom. The quantitative estimate of drug-likeness (QED) is 0.153. The first-order chi connectivity index (χ1) is 31.2. The van der Waals surface area contributed by atoms with Crippen molar-refractivity contribution in [1.29, 1.82) is 0 Å². The largest absolute Gasteiger partial charge is 0.456 e. The second kappa shape index (κ2) is 15.3. The summed E-state index contributed by atoms with van der Waals surface area (Å²) in [5, 5.41) is 4.79. The van der Waals surface area contributed by atoms with Crippen molar-refractivity contribution >= 4 is 60.8 Å². The maximum atomic E-state index is 6.28. The first-order valence-corrected chi connectivity index (χ1v) is 21.5. The number of fused-ring (bicyclic) bond motifs is 6. The van der Waals surface area contributed by atoms with Gasteiger partial charge in [0.2, 0.25) is 0 Å². The van der Waals surface area contributed by atoms with Gasteiger partial charge in [-0.05, 0) is 112 Å². The van der Waals surface area contributed by atoms with Crippen LogP contribution in [0.25, 0.3) is 93.9 Å². The molecule has 0 aliphatic rings. The molecule has 10 aromatic carbocycles. The number of nitrogens with zero attached hydrogens (tertiary/aromatic N) is 2. The highest BCUT2D eigenvalue weighted by Gasteiger charge is 2.20. The number of hydrogen-bond acceptors (Lipinski definition) is 2. The molecular formula is C60H40N2O. The van der Waals surface area contributed by atoms with E-state index in [2.05, 4.69) is 240 Å². The summed E-state index contributed by atoms with van der Waals surface area (Å²) >= 11 is 0. The molecule has 0 aliphatic carbocycles. The Bertz CT molecular complexity index is 3560. The number of anilines is 3. The molecule has 12 rings (SSSR count). The zero-order chi connectivity index (χ0) is 41.7. The SMILES string of the molecule is c1ccc(-c2ccccc2-c2ccccc2N(c2ccc(-c3cccc(-n4c5ccccc5c5ccccc54)c3)cc2)c2ccc(-c3ccc4c(c3)oc3ccccc34)cc2)cc1. The molecule has 0 saturated heterocycles. The lowest BCUT2D eigenvalue weighted by molar-refractivity contribution is 0.669. The summed E-state index contributed by atoms with van der Waals surface area (Å²) in [6.07, 6.45) is 0. The van der Waals surface area contributed by atoms with Gasteiger partial charge >= 0.3 is 0 Å². The van der Waals surface area contributed by atoms with Crippen LogP contribution in [0.3, 0.4) is 0 Å². The van der Waals surface area contributed by atoms with Crippen LogP contribution in [0.1, 0.15) is 0 Å². The Kier molecular flexibility index (Phi) is 8.83. The molecular weight excluding hydrogens is 765 g/mol. The molecule has 12 aromatic rings. The minimum Gasteiger partial charge on any atom is -0.456 e. The summed E-state index contributed by atoms with van der Waals surface area (Å²) in [5.74, 6) is 0. The first kappa shape index (κ1) is 36.5. The van der Waals surface area contributed by atoms with Gasteiger partial charge in [-0.2, -0.15) is 0 Å². The molecule has 296 valence electrons. The van der Waals surface area contributed by atoms with Gasteiger partial charge in [-0.15, -0.1) is 0 Å². The van der Waals surface area contributed by atoms with Gasteiger partial charge in [0.1, 0.15) is 11.2 Å². The molecule has 3 heteroatoms. The first-order valence-electron chi connectivity index (χ1n) is 21.5. The third kappa shape index (κ3) is 6.38. The van der Waals surface area contributed by atoms with Crippen molar-refractivity contribution in [1.82, 2.24) is 4.57 Å². The van der Waals surface area contributed by atoms with E-state index in [9.17, 15) is 0 Å². The van der Waals surface area contributed by atoms with E-state index >= 15 is 0 Å². The highest BCUT2D eigenvalue weighted by Crippen LogP contribution is 2.45. The van der Waals surface area contributed by atoms with Gasteiger partial charge in [0, 0.05) is 44.2 Å². The van der Waals surface area contributed by atoms with Gasteiger partial charge in [-0.1, -0.05) is 170 Å². The summed E-state index contributed by atoms with van der Waals surface area (Å²) in [7, 11) is 0. The van der Waals surface area contributed by atoms with Crippen molar-refractivity contribution in [3.05, 3.63) is 243 Å². The summed E-state index contributed by atoms with van der Waals surface area (Å²) in [4.78, 5) is 2.39. The maximum absolute atomic E-state index is 6.28. The minimum absolute atomic E-state index is 0.895. The molecule has 0 N–H and O–H groups in total. The predicted molar refractivity (Wildman–Crippen MR) is 264 cm³/mol. The summed E-state index contributed by atoms with van der Waals surface area (Å²) in [6.45, 7) is 0. The van der Waals surface area contributed by atoms with Crippen molar-refractivity contribution in [2.24, 2.45) is 0 Å². The lowest BCUT2D eigenvalue weighted by atomic mass is 9.93. The van der Waals surface area contributed by atoms with E-state index in [0.717, 1.165) is 72.5 Å². The molecule has 0 amide bonds. The molecule has 0 spiro atoms. The molecule has 0 aliphatic heterocycles. The number of furan rings is 1. The monoisotopic (exact) mass is 804 g/mol. The van der Waals surface area contributed by atoms with Crippen LogP contribution in [-0.2, 0) is 0 Å². The van der Waals surface area contributed by atoms with Crippen molar-refractivity contribution in [3.63, 3.8) is 0 Å². The van der Waals surface area contributed by atoms with Crippen molar-refractivity contribution < 1.29 is 4.42 Å². The fourth-order valence-corrected chi connectivity index (χ4v) is 9.45. The second-order valence-corrected chi connectivity index (χ2v) is 16.1. The predicted octanol–water partition coefficient (Wildman–Crippen LogP) is 16.8. The van der Waals surface area contributed by atoms with Crippen LogP contribution in [0.5, 0.6) is 0 Å². The van der Waals surface area contributed by atoms with Crippen LogP contribution in [0.2, 0.25) is 0 Å². The molecule has 0 unspecified atom stereocenters. The van der Waals surface area contributed by atoms with Crippen LogP contribution < -0.4 is 4.90 Å². The standard InChI is InChI=1S/C60H40N2O/c1-2-15-43(16-3-1)49-19-4-5-20-50(49)51-21-6-10-25-56(51)61(47-36-31-42(32-37-47)45-33-38-55-54-24-9-13-28-59(54)63-60(55)40-45)46-34-29-41(30-35-46)44-17-14-18-48(39-44)62-57-26-11-7-22-52(57)53-23-8-12-27-58(53)62/h1-40H. The van der Waals surface area contributed by atoms with Gasteiger partial charge in [-0.3, -0.25) is 0 Å². The molecule has 2 heterocycles. The van der Waals surface area contributed by atoms with Gasteiger partial charge in [0.15, 0.2) is 0 Å². The molecule has 0 saturated carbocycles. The Hall–Kier alpha value is -8.40. The Balaban J connectivity index is 0.963. The van der Waals surface area contributed by atoms with Crippen LogP contribution >= 0.6 is 0 Å². The lowest BCUT2D eigenvalue weighted by Gasteiger charge is -2.29. The maximum Gasteiger partial charge on any atom is 0.136 e.